The van der Waals surface area contributed by atoms with Crippen molar-refractivity contribution in [2.45, 2.75) is 25.8 Å². The van der Waals surface area contributed by atoms with Crippen molar-refractivity contribution >= 4 is 49.5 Å². The third kappa shape index (κ3) is 3.77. The van der Waals surface area contributed by atoms with E-state index in [2.05, 4.69) is 37.2 Å². The molecule has 0 aliphatic carbocycles. The van der Waals surface area contributed by atoms with E-state index in [9.17, 15) is 9.59 Å². The molecule has 0 saturated carbocycles. The first-order valence-electron chi connectivity index (χ1n) is 6.64. The first-order valence-corrected chi connectivity index (χ1v) is 8.23. The molecular formula is C14H16Br2N2O3. The largest absolute Gasteiger partial charge is 0.481 e. The van der Waals surface area contributed by atoms with Gasteiger partial charge in [-0.05, 0) is 63.8 Å². The van der Waals surface area contributed by atoms with Gasteiger partial charge in [0.2, 0.25) is 0 Å². The third-order valence-corrected chi connectivity index (χ3v) is 5.00. The Morgan fingerprint density at radius 3 is 2.48 bits per heavy atom. The summed E-state index contributed by atoms with van der Waals surface area (Å²) < 4.78 is 1.58. The Morgan fingerprint density at radius 1 is 1.33 bits per heavy atom. The lowest BCUT2D eigenvalue weighted by atomic mass is 9.92. The smallest absolute Gasteiger partial charge is 0.322 e. The maximum Gasteiger partial charge on any atom is 0.322 e. The highest BCUT2D eigenvalue weighted by molar-refractivity contribution is 9.11. The molecule has 2 N–H and O–H groups in total. The van der Waals surface area contributed by atoms with Crippen molar-refractivity contribution in [2.75, 3.05) is 11.9 Å². The Hall–Kier alpha value is -1.08. The van der Waals surface area contributed by atoms with E-state index >= 15 is 0 Å². The van der Waals surface area contributed by atoms with Crippen molar-refractivity contribution in [3.05, 3.63) is 27.1 Å². The first-order chi connectivity index (χ1) is 9.90. The Bertz CT molecular complexity index is 545. The zero-order chi connectivity index (χ0) is 15.6. The van der Waals surface area contributed by atoms with Gasteiger partial charge < -0.3 is 15.3 Å². The zero-order valence-electron chi connectivity index (χ0n) is 11.5. The number of carbonyl (C=O) groups excluding carboxylic acids is 1. The quantitative estimate of drug-likeness (QED) is 0.762. The number of carboxylic acid groups (broad SMARTS) is 1. The Balaban J connectivity index is 2.06. The molecule has 0 aromatic heterocycles. The highest BCUT2D eigenvalue weighted by Gasteiger charge is 2.32. The number of hydrogen-bond acceptors (Lipinski definition) is 2. The molecule has 2 unspecified atom stereocenters. The lowest BCUT2D eigenvalue weighted by molar-refractivity contribution is -0.143. The lowest BCUT2D eigenvalue weighted by Crippen LogP contribution is -2.47. The number of halogens is 2. The second-order valence-corrected chi connectivity index (χ2v) is 6.84. The van der Waals surface area contributed by atoms with Crippen LogP contribution in [0.3, 0.4) is 0 Å². The molecule has 1 aliphatic heterocycles. The molecule has 114 valence electrons. The Labute approximate surface area is 140 Å². The van der Waals surface area contributed by atoms with Gasteiger partial charge in [0.25, 0.3) is 0 Å². The van der Waals surface area contributed by atoms with Crippen molar-refractivity contribution in [3.63, 3.8) is 0 Å². The lowest BCUT2D eigenvalue weighted by Gasteiger charge is -2.36. The minimum atomic E-state index is -0.782. The summed E-state index contributed by atoms with van der Waals surface area (Å²) >= 11 is 6.80. The first kappa shape index (κ1) is 16.3. The predicted molar refractivity (Wildman–Crippen MR) is 87.4 cm³/mol. The SMILES string of the molecule is CC1CC(C(=O)O)CCN1C(=O)Nc1c(Br)cccc1Br. The van der Waals surface area contributed by atoms with Crippen molar-refractivity contribution in [2.24, 2.45) is 5.92 Å². The third-order valence-electron chi connectivity index (χ3n) is 3.68. The van der Waals surface area contributed by atoms with E-state index in [4.69, 9.17) is 5.11 Å². The van der Waals surface area contributed by atoms with E-state index in [1.807, 2.05) is 25.1 Å². The summed E-state index contributed by atoms with van der Waals surface area (Å²) in [7, 11) is 0. The monoisotopic (exact) mass is 418 g/mol. The topological polar surface area (TPSA) is 69.6 Å². The number of carbonyl (C=O) groups is 2. The summed E-state index contributed by atoms with van der Waals surface area (Å²) in [5.74, 6) is -1.14. The van der Waals surface area contributed by atoms with Crippen molar-refractivity contribution < 1.29 is 14.7 Å². The zero-order valence-corrected chi connectivity index (χ0v) is 14.6. The number of hydrogen-bond donors (Lipinski definition) is 2. The molecule has 1 saturated heterocycles. The van der Waals surface area contributed by atoms with Gasteiger partial charge in [-0.2, -0.15) is 0 Å². The van der Waals surface area contributed by atoms with Crippen molar-refractivity contribution in [3.8, 4) is 0 Å². The van der Waals surface area contributed by atoms with E-state index < -0.39 is 5.97 Å². The minimum absolute atomic E-state index is 0.0962. The molecule has 2 atom stereocenters. The summed E-state index contributed by atoms with van der Waals surface area (Å²) in [6, 6.07) is 5.26. The number of benzene rings is 1. The van der Waals surface area contributed by atoms with Gasteiger partial charge in [-0.25, -0.2) is 4.79 Å². The molecule has 2 amide bonds. The predicted octanol–water partition coefficient (Wildman–Crippen LogP) is 3.93. The number of likely N-dealkylation sites (tertiary alicyclic amines) is 1. The molecule has 1 heterocycles. The molecule has 0 bridgehead atoms. The molecule has 7 heteroatoms. The average Bonchev–Trinajstić information content (AvgIpc) is 2.42. The van der Waals surface area contributed by atoms with Gasteiger partial charge in [-0.3, -0.25) is 4.79 Å². The molecule has 0 radical (unpaired) electrons. The number of amides is 2. The Kier molecular flexibility index (Phi) is 5.27. The average molecular weight is 420 g/mol. The second-order valence-electron chi connectivity index (χ2n) is 5.13. The van der Waals surface area contributed by atoms with E-state index in [0.717, 1.165) is 8.95 Å². The summed E-state index contributed by atoms with van der Waals surface area (Å²) in [4.78, 5) is 25.1. The van der Waals surface area contributed by atoms with Crippen LogP contribution < -0.4 is 5.32 Å². The van der Waals surface area contributed by atoms with Crippen LogP contribution in [0.5, 0.6) is 0 Å². The summed E-state index contributed by atoms with van der Waals surface area (Å²) in [6.45, 7) is 2.33. The highest BCUT2D eigenvalue weighted by Crippen LogP contribution is 2.31. The van der Waals surface area contributed by atoms with Crippen LogP contribution in [0.15, 0.2) is 27.1 Å². The van der Waals surface area contributed by atoms with Crippen LogP contribution in [-0.4, -0.2) is 34.6 Å². The van der Waals surface area contributed by atoms with Crippen LogP contribution in [0, 0.1) is 5.92 Å². The van der Waals surface area contributed by atoms with Crippen LogP contribution >= 0.6 is 31.9 Å². The van der Waals surface area contributed by atoms with Crippen LogP contribution in [0.25, 0.3) is 0 Å². The molecule has 0 spiro atoms. The number of nitrogens with one attached hydrogen (secondary N) is 1. The highest BCUT2D eigenvalue weighted by atomic mass is 79.9. The number of para-hydroxylation sites is 1. The molecular weight excluding hydrogens is 404 g/mol. The van der Waals surface area contributed by atoms with E-state index in [0.29, 0.717) is 25.1 Å². The number of anilines is 1. The fourth-order valence-electron chi connectivity index (χ4n) is 2.49. The summed E-state index contributed by atoms with van der Waals surface area (Å²) in [6.07, 6.45) is 0.976. The summed E-state index contributed by atoms with van der Waals surface area (Å²) in [5, 5.41) is 11.9. The molecule has 1 aromatic rings. The van der Waals surface area contributed by atoms with Gasteiger partial charge in [0.1, 0.15) is 0 Å². The van der Waals surface area contributed by atoms with E-state index in [1.165, 1.54) is 0 Å². The van der Waals surface area contributed by atoms with Gasteiger partial charge in [0.05, 0.1) is 11.6 Å². The number of rotatable bonds is 2. The fraction of sp³-hybridized carbons (Fsp3) is 0.429. The van der Waals surface area contributed by atoms with Crippen LogP contribution in [0.4, 0.5) is 10.5 Å². The van der Waals surface area contributed by atoms with Gasteiger partial charge >= 0.3 is 12.0 Å². The molecule has 1 fully saturated rings. The van der Waals surface area contributed by atoms with Crippen molar-refractivity contribution in [1.82, 2.24) is 4.90 Å². The number of nitrogens with zero attached hydrogens (tertiary/aromatic N) is 1. The standard InChI is InChI=1S/C14H16Br2N2O3/c1-8-7-9(13(19)20)5-6-18(8)14(21)17-12-10(15)3-2-4-11(12)16/h2-4,8-9H,5-7H2,1H3,(H,17,21)(H,19,20). The molecule has 2 rings (SSSR count). The maximum atomic E-state index is 12.4. The van der Waals surface area contributed by atoms with Gasteiger partial charge in [-0.15, -0.1) is 0 Å². The van der Waals surface area contributed by atoms with Gasteiger partial charge in [-0.1, -0.05) is 6.07 Å². The Morgan fingerprint density at radius 2 is 1.95 bits per heavy atom. The van der Waals surface area contributed by atoms with E-state index in [-0.39, 0.29) is 18.0 Å². The number of aliphatic carboxylic acids is 1. The summed E-state index contributed by atoms with van der Waals surface area (Å²) in [5.41, 5.74) is 0.676. The van der Waals surface area contributed by atoms with Crippen LogP contribution in [0.1, 0.15) is 19.8 Å². The number of carboxylic acids is 1. The van der Waals surface area contributed by atoms with Gasteiger partial charge in [0, 0.05) is 21.5 Å². The molecule has 1 aliphatic rings. The minimum Gasteiger partial charge on any atom is -0.481 e. The molecule has 5 nitrogen and oxygen atoms in total. The number of urea groups is 1. The molecule has 1 aromatic carbocycles. The van der Waals surface area contributed by atoms with E-state index in [1.54, 1.807) is 4.90 Å². The van der Waals surface area contributed by atoms with Crippen LogP contribution in [0.2, 0.25) is 0 Å². The second kappa shape index (κ2) is 6.79. The molecule has 21 heavy (non-hydrogen) atoms. The van der Waals surface area contributed by atoms with Crippen molar-refractivity contribution in [1.29, 1.82) is 0 Å². The van der Waals surface area contributed by atoms with Gasteiger partial charge in [0.15, 0.2) is 0 Å². The van der Waals surface area contributed by atoms with Crippen LogP contribution in [-0.2, 0) is 4.79 Å². The maximum absolute atomic E-state index is 12.4. The number of piperidine rings is 1. The normalized spacial score (nSPS) is 22.0. The fourth-order valence-corrected chi connectivity index (χ4v) is 3.69.